The molecular weight excluding hydrogens is 264 g/mol. The molecule has 1 aromatic carbocycles. The number of carboxylic acids is 1. The summed E-state index contributed by atoms with van der Waals surface area (Å²) >= 11 is 5.83. The van der Waals surface area contributed by atoms with E-state index in [1.807, 2.05) is 17.0 Å². The van der Waals surface area contributed by atoms with Gasteiger partial charge in [-0.1, -0.05) is 35.9 Å². The smallest absolute Gasteiger partial charge is 0.337 e. The Kier molecular flexibility index (Phi) is 2.87. The zero-order chi connectivity index (χ0) is 13.4. The van der Waals surface area contributed by atoms with Crippen LogP contribution in [0.25, 0.3) is 0 Å². The fourth-order valence-electron chi connectivity index (χ4n) is 2.26. The van der Waals surface area contributed by atoms with Crippen molar-refractivity contribution in [1.29, 1.82) is 0 Å². The summed E-state index contributed by atoms with van der Waals surface area (Å²) in [4.78, 5) is 17.3. The fourth-order valence-corrected chi connectivity index (χ4v) is 2.44. The van der Waals surface area contributed by atoms with Crippen LogP contribution in [0.5, 0.6) is 0 Å². The number of nitrogens with zero attached hydrogens (tertiary/aromatic N) is 2. The van der Waals surface area contributed by atoms with E-state index in [1.54, 1.807) is 0 Å². The number of benzene rings is 1. The standard InChI is InChI=1S/C14H11ClN2O2/c15-12-6-16-13(5-11(12)14(18)19)17-7-9-3-1-2-4-10(9)8-17/h1-6H,7-8H2,(H,18,19). The Morgan fingerprint density at radius 1 is 1.26 bits per heavy atom. The third kappa shape index (κ3) is 2.15. The summed E-state index contributed by atoms with van der Waals surface area (Å²) in [5, 5.41) is 9.24. The zero-order valence-electron chi connectivity index (χ0n) is 10.0. The Labute approximate surface area is 115 Å². The summed E-state index contributed by atoms with van der Waals surface area (Å²) in [6.07, 6.45) is 1.39. The molecule has 0 amide bonds. The van der Waals surface area contributed by atoms with Crippen LogP contribution in [-0.2, 0) is 13.1 Å². The number of hydrogen-bond acceptors (Lipinski definition) is 3. The van der Waals surface area contributed by atoms with E-state index in [-0.39, 0.29) is 10.6 Å². The van der Waals surface area contributed by atoms with Crippen molar-refractivity contribution in [2.24, 2.45) is 0 Å². The average molecular weight is 275 g/mol. The molecule has 1 aliphatic heterocycles. The molecule has 1 N–H and O–H groups in total. The SMILES string of the molecule is O=C(O)c1cc(N2Cc3ccccc3C2)ncc1Cl. The number of fused-ring (bicyclic) bond motifs is 1. The second kappa shape index (κ2) is 4.55. The second-order valence-electron chi connectivity index (χ2n) is 4.45. The number of aromatic nitrogens is 1. The van der Waals surface area contributed by atoms with Gasteiger partial charge in [0.1, 0.15) is 5.82 Å². The number of carboxylic acid groups (broad SMARTS) is 1. The maximum Gasteiger partial charge on any atom is 0.337 e. The lowest BCUT2D eigenvalue weighted by Gasteiger charge is -2.17. The molecule has 0 saturated carbocycles. The first-order chi connectivity index (χ1) is 9.15. The van der Waals surface area contributed by atoms with Crippen LogP contribution in [0.4, 0.5) is 5.82 Å². The molecule has 0 fully saturated rings. The number of pyridine rings is 1. The van der Waals surface area contributed by atoms with E-state index in [9.17, 15) is 4.79 Å². The third-order valence-corrected chi connectivity index (χ3v) is 3.54. The normalized spacial score (nSPS) is 13.4. The highest BCUT2D eigenvalue weighted by Crippen LogP contribution is 2.28. The topological polar surface area (TPSA) is 53.4 Å². The molecular formula is C14H11ClN2O2. The Bertz CT molecular complexity index is 633. The Morgan fingerprint density at radius 3 is 2.47 bits per heavy atom. The molecule has 0 saturated heterocycles. The number of carbonyl (C=O) groups is 1. The molecule has 0 unspecified atom stereocenters. The van der Waals surface area contributed by atoms with E-state index in [0.717, 1.165) is 13.1 Å². The quantitative estimate of drug-likeness (QED) is 0.915. The fraction of sp³-hybridized carbons (Fsp3) is 0.143. The minimum absolute atomic E-state index is 0.0858. The van der Waals surface area contributed by atoms with Gasteiger partial charge in [-0.3, -0.25) is 0 Å². The van der Waals surface area contributed by atoms with Crippen LogP contribution < -0.4 is 4.90 Å². The Hall–Kier alpha value is -2.07. The van der Waals surface area contributed by atoms with Crippen molar-refractivity contribution in [2.45, 2.75) is 13.1 Å². The molecule has 0 radical (unpaired) electrons. The van der Waals surface area contributed by atoms with Crippen molar-refractivity contribution in [3.05, 3.63) is 58.2 Å². The van der Waals surface area contributed by atoms with E-state index < -0.39 is 5.97 Å². The number of aromatic carboxylic acids is 1. The first kappa shape index (κ1) is 12.0. The van der Waals surface area contributed by atoms with Crippen molar-refractivity contribution < 1.29 is 9.90 Å². The minimum Gasteiger partial charge on any atom is -0.478 e. The monoisotopic (exact) mass is 274 g/mol. The van der Waals surface area contributed by atoms with Gasteiger partial charge in [-0.2, -0.15) is 0 Å². The van der Waals surface area contributed by atoms with E-state index in [1.165, 1.54) is 23.4 Å². The van der Waals surface area contributed by atoms with Crippen LogP contribution in [0, 0.1) is 0 Å². The highest BCUT2D eigenvalue weighted by Gasteiger charge is 2.21. The number of halogens is 1. The van der Waals surface area contributed by atoms with Gasteiger partial charge in [-0.05, 0) is 17.2 Å². The van der Waals surface area contributed by atoms with Gasteiger partial charge in [0, 0.05) is 19.3 Å². The highest BCUT2D eigenvalue weighted by molar-refractivity contribution is 6.33. The van der Waals surface area contributed by atoms with Crippen LogP contribution in [0.15, 0.2) is 36.5 Å². The molecule has 0 atom stereocenters. The van der Waals surface area contributed by atoms with Gasteiger partial charge in [-0.15, -0.1) is 0 Å². The molecule has 19 heavy (non-hydrogen) atoms. The molecule has 2 heterocycles. The van der Waals surface area contributed by atoms with Gasteiger partial charge in [0.25, 0.3) is 0 Å². The summed E-state index contributed by atoms with van der Waals surface area (Å²) in [5.41, 5.74) is 2.58. The highest BCUT2D eigenvalue weighted by atomic mass is 35.5. The predicted molar refractivity (Wildman–Crippen MR) is 72.5 cm³/mol. The van der Waals surface area contributed by atoms with E-state index in [2.05, 4.69) is 17.1 Å². The molecule has 2 aromatic rings. The van der Waals surface area contributed by atoms with E-state index >= 15 is 0 Å². The lowest BCUT2D eigenvalue weighted by molar-refractivity contribution is 0.0697. The van der Waals surface area contributed by atoms with E-state index in [0.29, 0.717) is 5.82 Å². The first-order valence-electron chi connectivity index (χ1n) is 5.86. The lowest BCUT2D eigenvalue weighted by Crippen LogP contribution is -2.16. The summed E-state index contributed by atoms with van der Waals surface area (Å²) in [5.74, 6) is -0.400. The van der Waals surface area contributed by atoms with Crippen molar-refractivity contribution in [1.82, 2.24) is 4.98 Å². The van der Waals surface area contributed by atoms with E-state index in [4.69, 9.17) is 16.7 Å². The largest absolute Gasteiger partial charge is 0.478 e. The molecule has 5 heteroatoms. The second-order valence-corrected chi connectivity index (χ2v) is 4.86. The predicted octanol–water partition coefficient (Wildman–Crippen LogP) is 2.95. The van der Waals surface area contributed by atoms with Crippen molar-refractivity contribution in [3.63, 3.8) is 0 Å². The van der Waals surface area contributed by atoms with Gasteiger partial charge in [0.05, 0.1) is 10.6 Å². The lowest BCUT2D eigenvalue weighted by atomic mass is 10.1. The van der Waals surface area contributed by atoms with Gasteiger partial charge in [0.2, 0.25) is 0 Å². The summed E-state index contributed by atoms with van der Waals surface area (Å²) in [6, 6.07) is 9.67. The third-order valence-electron chi connectivity index (χ3n) is 3.24. The Morgan fingerprint density at radius 2 is 1.89 bits per heavy atom. The maximum atomic E-state index is 11.1. The molecule has 0 aliphatic carbocycles. The molecule has 0 bridgehead atoms. The van der Waals surface area contributed by atoms with Crippen LogP contribution in [0.2, 0.25) is 5.02 Å². The molecule has 1 aliphatic rings. The summed E-state index contributed by atoms with van der Waals surface area (Å²) in [7, 11) is 0. The molecule has 1 aromatic heterocycles. The van der Waals surface area contributed by atoms with Crippen LogP contribution in [0.1, 0.15) is 21.5 Å². The molecule has 0 spiro atoms. The van der Waals surface area contributed by atoms with Crippen LogP contribution in [-0.4, -0.2) is 16.1 Å². The van der Waals surface area contributed by atoms with Crippen molar-refractivity contribution >= 4 is 23.4 Å². The first-order valence-corrected chi connectivity index (χ1v) is 6.23. The average Bonchev–Trinajstić information content (AvgIpc) is 2.82. The zero-order valence-corrected chi connectivity index (χ0v) is 10.8. The van der Waals surface area contributed by atoms with Gasteiger partial charge >= 0.3 is 5.97 Å². The van der Waals surface area contributed by atoms with Gasteiger partial charge in [-0.25, -0.2) is 9.78 Å². The van der Waals surface area contributed by atoms with Gasteiger partial charge < -0.3 is 10.0 Å². The summed E-state index contributed by atoms with van der Waals surface area (Å²) in [6.45, 7) is 1.48. The molecule has 4 nitrogen and oxygen atoms in total. The number of anilines is 1. The maximum absolute atomic E-state index is 11.1. The minimum atomic E-state index is -1.04. The van der Waals surface area contributed by atoms with Gasteiger partial charge in [0.15, 0.2) is 0 Å². The number of hydrogen-bond donors (Lipinski definition) is 1. The number of rotatable bonds is 2. The van der Waals surface area contributed by atoms with Crippen molar-refractivity contribution in [2.75, 3.05) is 4.90 Å². The Balaban J connectivity index is 1.93. The molecule has 96 valence electrons. The van der Waals surface area contributed by atoms with Crippen LogP contribution >= 0.6 is 11.6 Å². The molecule has 3 rings (SSSR count). The van der Waals surface area contributed by atoms with Crippen molar-refractivity contribution in [3.8, 4) is 0 Å². The van der Waals surface area contributed by atoms with Crippen LogP contribution in [0.3, 0.4) is 0 Å². The summed E-state index contributed by atoms with van der Waals surface area (Å²) < 4.78 is 0.